The molecule has 2 aromatic rings. The van der Waals surface area contributed by atoms with E-state index in [-0.39, 0.29) is 0 Å². The highest BCUT2D eigenvalue weighted by Crippen LogP contribution is 2.28. The van der Waals surface area contributed by atoms with Crippen LogP contribution < -0.4 is 4.74 Å². The molecule has 1 N–H and O–H groups in total. The number of benzene rings is 2. The number of halogens is 1. The Labute approximate surface area is 122 Å². The molecule has 1 unspecified atom stereocenters. The van der Waals surface area contributed by atoms with Crippen LogP contribution in [-0.4, -0.2) is 12.2 Å². The van der Waals surface area contributed by atoms with Gasteiger partial charge >= 0.3 is 0 Å². The van der Waals surface area contributed by atoms with Crippen molar-refractivity contribution in [3.05, 3.63) is 63.6 Å². The minimum Gasteiger partial charge on any atom is -0.496 e. The molecule has 0 fully saturated rings. The molecule has 0 spiro atoms. The predicted molar refractivity (Wildman–Crippen MR) is 80.5 cm³/mol. The lowest BCUT2D eigenvalue weighted by atomic mass is 10.00. The monoisotopic (exact) mass is 320 g/mol. The molecule has 2 aromatic carbocycles. The van der Waals surface area contributed by atoms with E-state index in [0.717, 1.165) is 21.3 Å². The van der Waals surface area contributed by atoms with Crippen molar-refractivity contribution in [1.82, 2.24) is 0 Å². The van der Waals surface area contributed by atoms with Crippen LogP contribution in [0.3, 0.4) is 0 Å². The predicted octanol–water partition coefficient (Wildman–Crippen LogP) is 4.04. The molecule has 0 heterocycles. The Morgan fingerprint density at radius 3 is 2.47 bits per heavy atom. The summed E-state index contributed by atoms with van der Waals surface area (Å²) < 4.78 is 6.31. The van der Waals surface area contributed by atoms with Crippen LogP contribution in [0.1, 0.15) is 22.8 Å². The smallest absolute Gasteiger partial charge is 0.122 e. The summed E-state index contributed by atoms with van der Waals surface area (Å²) in [5.41, 5.74) is 3.11. The lowest BCUT2D eigenvalue weighted by Gasteiger charge is -2.14. The van der Waals surface area contributed by atoms with E-state index >= 15 is 0 Å². The molecule has 0 amide bonds. The molecule has 0 saturated carbocycles. The first kappa shape index (κ1) is 14.1. The first-order valence-electron chi connectivity index (χ1n) is 6.17. The number of methoxy groups -OCH3 is 1. The van der Waals surface area contributed by atoms with E-state index in [1.165, 1.54) is 5.56 Å². The highest BCUT2D eigenvalue weighted by atomic mass is 79.9. The van der Waals surface area contributed by atoms with Gasteiger partial charge in [-0.3, -0.25) is 0 Å². The SMILES string of the molecule is COc1ccc(Br)cc1CC(O)c1ccc(C)cc1. The lowest BCUT2D eigenvalue weighted by molar-refractivity contribution is 0.177. The molecule has 19 heavy (non-hydrogen) atoms. The van der Waals surface area contributed by atoms with Crippen molar-refractivity contribution in [3.8, 4) is 5.75 Å². The molecule has 100 valence electrons. The van der Waals surface area contributed by atoms with Crippen molar-refractivity contribution in [2.24, 2.45) is 0 Å². The lowest BCUT2D eigenvalue weighted by Crippen LogP contribution is -2.03. The summed E-state index contributed by atoms with van der Waals surface area (Å²) in [4.78, 5) is 0. The third kappa shape index (κ3) is 3.58. The zero-order chi connectivity index (χ0) is 13.8. The third-order valence-electron chi connectivity index (χ3n) is 3.12. The molecule has 3 heteroatoms. The Morgan fingerprint density at radius 1 is 1.16 bits per heavy atom. The molecule has 2 rings (SSSR count). The molecule has 0 aliphatic carbocycles. The van der Waals surface area contributed by atoms with Crippen LogP contribution in [0.2, 0.25) is 0 Å². The Kier molecular flexibility index (Phi) is 4.61. The quantitative estimate of drug-likeness (QED) is 0.921. The summed E-state index contributed by atoms with van der Waals surface area (Å²) in [7, 11) is 1.64. The molecule has 0 saturated heterocycles. The minimum atomic E-state index is -0.524. The highest BCUT2D eigenvalue weighted by Gasteiger charge is 2.12. The van der Waals surface area contributed by atoms with Gasteiger partial charge in [0.1, 0.15) is 5.75 Å². The number of aliphatic hydroxyl groups is 1. The van der Waals surface area contributed by atoms with Gasteiger partial charge in [0.2, 0.25) is 0 Å². The van der Waals surface area contributed by atoms with Gasteiger partial charge in [0.25, 0.3) is 0 Å². The number of ether oxygens (including phenoxy) is 1. The first-order valence-corrected chi connectivity index (χ1v) is 6.96. The Morgan fingerprint density at radius 2 is 1.84 bits per heavy atom. The van der Waals surface area contributed by atoms with Crippen LogP contribution in [0.15, 0.2) is 46.9 Å². The molecule has 0 aliphatic rings. The molecule has 0 aliphatic heterocycles. The van der Waals surface area contributed by atoms with Crippen molar-refractivity contribution in [2.75, 3.05) is 7.11 Å². The minimum absolute atomic E-state index is 0.524. The van der Waals surface area contributed by atoms with Crippen LogP contribution in [0.5, 0.6) is 5.75 Å². The van der Waals surface area contributed by atoms with Crippen molar-refractivity contribution >= 4 is 15.9 Å². The maximum atomic E-state index is 10.3. The van der Waals surface area contributed by atoms with Crippen molar-refractivity contribution < 1.29 is 9.84 Å². The van der Waals surface area contributed by atoms with E-state index < -0.39 is 6.10 Å². The van der Waals surface area contributed by atoms with Gasteiger partial charge < -0.3 is 9.84 Å². The maximum Gasteiger partial charge on any atom is 0.122 e. The second-order valence-corrected chi connectivity index (χ2v) is 5.50. The molecule has 0 aromatic heterocycles. The van der Waals surface area contributed by atoms with E-state index in [2.05, 4.69) is 15.9 Å². The van der Waals surface area contributed by atoms with E-state index in [1.807, 2.05) is 49.4 Å². The molecular formula is C16H17BrO2. The van der Waals surface area contributed by atoms with Gasteiger partial charge in [0, 0.05) is 10.9 Å². The van der Waals surface area contributed by atoms with Gasteiger partial charge in [-0.2, -0.15) is 0 Å². The average Bonchev–Trinajstić information content (AvgIpc) is 2.39. The first-order chi connectivity index (χ1) is 9.10. The van der Waals surface area contributed by atoms with E-state index in [4.69, 9.17) is 4.74 Å². The van der Waals surface area contributed by atoms with E-state index in [9.17, 15) is 5.11 Å². The van der Waals surface area contributed by atoms with Crippen LogP contribution >= 0.6 is 15.9 Å². The summed E-state index contributed by atoms with van der Waals surface area (Å²) in [6.07, 6.45) is 0.00915. The third-order valence-corrected chi connectivity index (χ3v) is 3.61. The molecule has 0 radical (unpaired) electrons. The summed E-state index contributed by atoms with van der Waals surface area (Å²) in [5.74, 6) is 0.800. The molecule has 2 nitrogen and oxygen atoms in total. The fraction of sp³-hybridized carbons (Fsp3) is 0.250. The van der Waals surface area contributed by atoms with Crippen molar-refractivity contribution in [3.63, 3.8) is 0 Å². The topological polar surface area (TPSA) is 29.5 Å². The van der Waals surface area contributed by atoms with Gasteiger partial charge in [-0.25, -0.2) is 0 Å². The normalized spacial score (nSPS) is 12.2. The number of hydrogen-bond donors (Lipinski definition) is 1. The number of aliphatic hydroxyl groups excluding tert-OH is 1. The highest BCUT2D eigenvalue weighted by molar-refractivity contribution is 9.10. The molecule has 1 atom stereocenters. The number of hydrogen-bond acceptors (Lipinski definition) is 2. The van der Waals surface area contributed by atoms with Crippen LogP contribution in [-0.2, 0) is 6.42 Å². The number of rotatable bonds is 4. The van der Waals surface area contributed by atoms with Gasteiger partial charge in [0.05, 0.1) is 13.2 Å². The van der Waals surface area contributed by atoms with Crippen LogP contribution in [0.4, 0.5) is 0 Å². The average molecular weight is 321 g/mol. The molecular weight excluding hydrogens is 304 g/mol. The van der Waals surface area contributed by atoms with Crippen LogP contribution in [0.25, 0.3) is 0 Å². The summed E-state index contributed by atoms with van der Waals surface area (Å²) in [6, 6.07) is 13.8. The zero-order valence-electron chi connectivity index (χ0n) is 11.1. The fourth-order valence-electron chi connectivity index (χ4n) is 2.02. The van der Waals surface area contributed by atoms with Gasteiger partial charge in [-0.05, 0) is 36.2 Å². The number of aryl methyl sites for hydroxylation is 1. The largest absolute Gasteiger partial charge is 0.496 e. The standard InChI is InChI=1S/C16H17BrO2/c1-11-3-5-12(6-4-11)15(18)10-13-9-14(17)7-8-16(13)19-2/h3-9,15,18H,10H2,1-2H3. The van der Waals surface area contributed by atoms with Gasteiger partial charge in [0.15, 0.2) is 0 Å². The summed E-state index contributed by atoms with van der Waals surface area (Å²) >= 11 is 3.44. The maximum absolute atomic E-state index is 10.3. The summed E-state index contributed by atoms with van der Waals surface area (Å²) in [6.45, 7) is 2.04. The second kappa shape index (κ2) is 6.22. The zero-order valence-corrected chi connectivity index (χ0v) is 12.6. The Bertz CT molecular complexity index is 549. The van der Waals surface area contributed by atoms with E-state index in [1.54, 1.807) is 7.11 Å². The Hall–Kier alpha value is -1.32. The second-order valence-electron chi connectivity index (χ2n) is 4.59. The summed E-state index contributed by atoms with van der Waals surface area (Å²) in [5, 5.41) is 10.3. The van der Waals surface area contributed by atoms with Gasteiger partial charge in [-0.1, -0.05) is 45.8 Å². The van der Waals surface area contributed by atoms with Crippen molar-refractivity contribution in [2.45, 2.75) is 19.4 Å². The molecule has 0 bridgehead atoms. The van der Waals surface area contributed by atoms with Crippen molar-refractivity contribution in [1.29, 1.82) is 0 Å². The fourth-order valence-corrected chi connectivity index (χ4v) is 2.43. The van der Waals surface area contributed by atoms with Crippen LogP contribution in [0, 0.1) is 6.92 Å². The van der Waals surface area contributed by atoms with E-state index in [0.29, 0.717) is 6.42 Å². The van der Waals surface area contributed by atoms with Gasteiger partial charge in [-0.15, -0.1) is 0 Å². The Balaban J connectivity index is 2.20.